The quantitative estimate of drug-likeness (QED) is 0.810. The molecule has 17 heavy (non-hydrogen) atoms. The predicted molar refractivity (Wildman–Crippen MR) is 75.0 cm³/mol. The molecule has 3 nitrogen and oxygen atoms in total. The summed E-state index contributed by atoms with van der Waals surface area (Å²) in [5, 5.41) is 7.82. The molecule has 1 aromatic heterocycles. The van der Waals surface area contributed by atoms with Crippen LogP contribution in [0.1, 0.15) is 57.9 Å². The van der Waals surface area contributed by atoms with Crippen LogP contribution in [0.2, 0.25) is 0 Å². The molecule has 1 rings (SSSR count). The molecule has 0 amide bonds. The molecule has 98 valence electrons. The maximum Gasteiger partial charge on any atom is 0.149 e. The zero-order valence-electron chi connectivity index (χ0n) is 12.4. The van der Waals surface area contributed by atoms with Crippen LogP contribution in [0.25, 0.3) is 0 Å². The van der Waals surface area contributed by atoms with Crippen molar-refractivity contribution in [3.63, 3.8) is 0 Å². The average molecular weight is 237 g/mol. The topological polar surface area (TPSA) is 51.8 Å². The van der Waals surface area contributed by atoms with Crippen LogP contribution >= 0.6 is 0 Å². The summed E-state index contributed by atoms with van der Waals surface area (Å²) in [7, 11) is 0. The summed E-state index contributed by atoms with van der Waals surface area (Å²) in [5.41, 5.74) is 9.37. The Morgan fingerprint density at radius 1 is 1.00 bits per heavy atom. The Morgan fingerprint density at radius 2 is 1.47 bits per heavy atom. The van der Waals surface area contributed by atoms with Gasteiger partial charge in [-0.3, -0.25) is 0 Å². The van der Waals surface area contributed by atoms with E-state index in [1.165, 1.54) is 12.0 Å². The molecule has 0 fully saturated rings. The number of nitrogens with zero attached hydrogens (tertiary/aromatic N) is 2. The summed E-state index contributed by atoms with van der Waals surface area (Å²) in [6, 6.07) is 0. The van der Waals surface area contributed by atoms with E-state index < -0.39 is 0 Å². The van der Waals surface area contributed by atoms with Crippen LogP contribution in [0.3, 0.4) is 0 Å². The first-order valence-corrected chi connectivity index (χ1v) is 6.31. The third-order valence-corrected chi connectivity index (χ3v) is 3.05. The molecule has 0 saturated carbocycles. The highest BCUT2D eigenvalue weighted by molar-refractivity contribution is 5.43. The summed E-state index contributed by atoms with van der Waals surface area (Å²) in [4.78, 5) is 0. The number of hydrogen-bond donors (Lipinski definition) is 1. The van der Waals surface area contributed by atoms with Gasteiger partial charge in [0, 0.05) is 0 Å². The van der Waals surface area contributed by atoms with Gasteiger partial charge in [-0.15, -0.1) is 5.10 Å². The minimum Gasteiger partial charge on any atom is -0.382 e. The lowest BCUT2D eigenvalue weighted by molar-refractivity contribution is 0.398. The summed E-state index contributed by atoms with van der Waals surface area (Å²) in [6.45, 7) is 15.0. The lowest BCUT2D eigenvalue weighted by atomic mass is 9.94. The fourth-order valence-corrected chi connectivity index (χ4v) is 1.01. The summed E-state index contributed by atoms with van der Waals surface area (Å²) < 4.78 is 0. The van der Waals surface area contributed by atoms with E-state index in [-0.39, 0.29) is 0 Å². The van der Waals surface area contributed by atoms with E-state index in [1.807, 2.05) is 13.8 Å². The zero-order valence-corrected chi connectivity index (χ0v) is 12.4. The Hall–Kier alpha value is -1.12. The van der Waals surface area contributed by atoms with Crippen molar-refractivity contribution in [1.82, 2.24) is 10.2 Å². The van der Waals surface area contributed by atoms with E-state index in [0.717, 1.165) is 17.7 Å². The summed E-state index contributed by atoms with van der Waals surface area (Å²) in [5.74, 6) is 0.541. The fourth-order valence-electron chi connectivity index (χ4n) is 1.01. The molecular formula is C14H27N3. The van der Waals surface area contributed by atoms with Gasteiger partial charge in [0.1, 0.15) is 5.82 Å². The molecule has 2 N–H and O–H groups in total. The first-order valence-electron chi connectivity index (χ1n) is 6.31. The largest absolute Gasteiger partial charge is 0.382 e. The Morgan fingerprint density at radius 3 is 1.82 bits per heavy atom. The lowest BCUT2D eigenvalue weighted by Crippen LogP contribution is -2.03. The number of nitrogens with two attached hydrogens (primary N) is 1. The third-order valence-electron chi connectivity index (χ3n) is 3.05. The van der Waals surface area contributed by atoms with Gasteiger partial charge >= 0.3 is 0 Å². The van der Waals surface area contributed by atoms with Gasteiger partial charge in [-0.05, 0) is 36.8 Å². The zero-order chi connectivity index (χ0) is 13.6. The average Bonchev–Trinajstić information content (AvgIpc) is 2.26. The molecule has 0 aliphatic heterocycles. The van der Waals surface area contributed by atoms with Gasteiger partial charge in [-0.1, -0.05) is 41.0 Å². The Labute approximate surface area is 106 Å². The predicted octanol–water partition coefficient (Wildman–Crippen LogP) is 3.68. The molecule has 0 unspecified atom stereocenters. The van der Waals surface area contributed by atoms with Crippen LogP contribution in [0, 0.1) is 19.3 Å². The van der Waals surface area contributed by atoms with Crippen LogP contribution < -0.4 is 5.73 Å². The van der Waals surface area contributed by atoms with Gasteiger partial charge < -0.3 is 5.73 Å². The van der Waals surface area contributed by atoms with Crippen molar-refractivity contribution in [3.8, 4) is 0 Å². The van der Waals surface area contributed by atoms with Crippen molar-refractivity contribution < 1.29 is 0 Å². The second kappa shape index (κ2) is 6.58. The highest BCUT2D eigenvalue weighted by atomic mass is 15.1. The van der Waals surface area contributed by atoms with Crippen LogP contribution in [0.5, 0.6) is 0 Å². The van der Waals surface area contributed by atoms with Crippen LogP contribution in [0.15, 0.2) is 0 Å². The van der Waals surface area contributed by atoms with Gasteiger partial charge in [0.15, 0.2) is 0 Å². The molecule has 0 atom stereocenters. The maximum absolute atomic E-state index is 5.57. The van der Waals surface area contributed by atoms with Gasteiger partial charge in [-0.2, -0.15) is 5.10 Å². The van der Waals surface area contributed by atoms with Crippen molar-refractivity contribution in [2.24, 2.45) is 5.41 Å². The molecule has 0 saturated heterocycles. The summed E-state index contributed by atoms with van der Waals surface area (Å²) >= 11 is 0. The van der Waals surface area contributed by atoms with E-state index in [0.29, 0.717) is 11.2 Å². The van der Waals surface area contributed by atoms with E-state index in [2.05, 4.69) is 44.8 Å². The number of aromatic nitrogens is 2. The van der Waals surface area contributed by atoms with Gasteiger partial charge in [0.25, 0.3) is 0 Å². The molecule has 3 heteroatoms. The third kappa shape index (κ3) is 5.66. The highest BCUT2D eigenvalue weighted by Crippen LogP contribution is 2.16. The second-order valence-electron chi connectivity index (χ2n) is 5.55. The minimum absolute atomic E-state index is 0.541. The molecule has 0 bridgehead atoms. The number of hydrogen-bond acceptors (Lipinski definition) is 3. The van der Waals surface area contributed by atoms with Crippen molar-refractivity contribution >= 4 is 5.82 Å². The fraction of sp³-hybridized carbons (Fsp3) is 0.714. The van der Waals surface area contributed by atoms with E-state index in [9.17, 15) is 0 Å². The second-order valence-corrected chi connectivity index (χ2v) is 5.55. The van der Waals surface area contributed by atoms with Crippen molar-refractivity contribution in [2.75, 3.05) is 5.73 Å². The number of rotatable bonds is 1. The van der Waals surface area contributed by atoms with Crippen LogP contribution in [-0.2, 0) is 6.42 Å². The summed E-state index contributed by atoms with van der Waals surface area (Å²) in [6.07, 6.45) is 2.19. The van der Waals surface area contributed by atoms with E-state index >= 15 is 0 Å². The number of nitrogen functional groups attached to an aromatic ring is 1. The number of anilines is 1. The van der Waals surface area contributed by atoms with E-state index in [1.54, 1.807) is 0 Å². The monoisotopic (exact) mass is 237 g/mol. The first kappa shape index (κ1) is 15.9. The molecule has 1 aromatic rings. The Balaban J connectivity index is 0.000000366. The smallest absolute Gasteiger partial charge is 0.149 e. The molecule has 0 aliphatic rings. The van der Waals surface area contributed by atoms with Crippen LogP contribution in [0.4, 0.5) is 5.82 Å². The maximum atomic E-state index is 5.57. The Kier molecular flexibility index (Phi) is 6.14. The lowest BCUT2D eigenvalue weighted by Gasteiger charge is -2.12. The molecule has 0 aromatic carbocycles. The SMILES string of the molecule is CCC(C)(C)C.CCc1nnc(N)c(C)c1C. The Bertz CT molecular complexity index is 351. The normalized spacial score (nSPS) is 10.8. The molecule has 1 heterocycles. The van der Waals surface area contributed by atoms with Gasteiger partial charge in [0.05, 0.1) is 5.69 Å². The molecule has 0 radical (unpaired) electrons. The van der Waals surface area contributed by atoms with Gasteiger partial charge in [0.2, 0.25) is 0 Å². The molecule has 0 aliphatic carbocycles. The van der Waals surface area contributed by atoms with Crippen molar-refractivity contribution in [2.45, 2.75) is 61.3 Å². The highest BCUT2D eigenvalue weighted by Gasteiger charge is 2.04. The van der Waals surface area contributed by atoms with E-state index in [4.69, 9.17) is 5.73 Å². The van der Waals surface area contributed by atoms with Crippen LogP contribution in [-0.4, -0.2) is 10.2 Å². The molecular weight excluding hydrogens is 210 g/mol. The molecule has 0 spiro atoms. The van der Waals surface area contributed by atoms with Crippen molar-refractivity contribution in [3.05, 3.63) is 16.8 Å². The van der Waals surface area contributed by atoms with Gasteiger partial charge in [-0.25, -0.2) is 0 Å². The number of aryl methyl sites for hydroxylation is 1. The van der Waals surface area contributed by atoms with Crippen molar-refractivity contribution in [1.29, 1.82) is 0 Å². The minimum atomic E-state index is 0.541. The first-order chi connectivity index (χ1) is 7.72. The standard InChI is InChI=1S/C8H13N3.C6H14/c1-4-7-5(2)6(3)8(9)11-10-7;1-5-6(2,3)4/h4H2,1-3H3,(H2,9,11);5H2,1-4H3.